The van der Waals surface area contributed by atoms with Crippen LogP contribution in [0.15, 0.2) is 48.9 Å². The van der Waals surface area contributed by atoms with E-state index in [-0.39, 0.29) is 17.5 Å². The molecule has 1 amide bonds. The number of amides is 1. The summed E-state index contributed by atoms with van der Waals surface area (Å²) in [6, 6.07) is 8.68. The Bertz CT molecular complexity index is 957. The molecule has 3 aromatic rings. The lowest BCUT2D eigenvalue weighted by Crippen LogP contribution is -2.24. The van der Waals surface area contributed by atoms with Crippen LogP contribution < -0.4 is 24.8 Å². The maximum atomic E-state index is 12.4. The Labute approximate surface area is 168 Å². The Morgan fingerprint density at radius 1 is 1.03 bits per heavy atom. The summed E-state index contributed by atoms with van der Waals surface area (Å²) in [6.45, 7) is 0.353. The molecule has 29 heavy (non-hydrogen) atoms. The standard InChI is InChI=1S/C20H21N5O4/c1-27-16-9-14(10-17(28-2)18(16)29-3)24-20-22-8-6-15(25-20)19(26)23-12-13-5-4-7-21-11-13/h4-11H,12H2,1-3H3,(H,23,26)(H,22,24,25). The van der Waals surface area contributed by atoms with Gasteiger partial charge in [0.2, 0.25) is 11.7 Å². The zero-order chi connectivity index (χ0) is 20.6. The normalized spacial score (nSPS) is 10.2. The van der Waals surface area contributed by atoms with Gasteiger partial charge in [0.1, 0.15) is 5.69 Å². The summed E-state index contributed by atoms with van der Waals surface area (Å²) in [7, 11) is 4.60. The predicted molar refractivity (Wildman–Crippen MR) is 107 cm³/mol. The van der Waals surface area contributed by atoms with Crippen LogP contribution in [0.2, 0.25) is 0 Å². The Morgan fingerprint density at radius 2 is 1.79 bits per heavy atom. The van der Waals surface area contributed by atoms with Crippen molar-refractivity contribution in [3.05, 3.63) is 60.2 Å². The fourth-order valence-electron chi connectivity index (χ4n) is 2.60. The summed E-state index contributed by atoms with van der Waals surface area (Å²) in [6.07, 6.45) is 4.88. The Hall–Kier alpha value is -3.88. The van der Waals surface area contributed by atoms with Crippen molar-refractivity contribution in [1.82, 2.24) is 20.3 Å². The average molecular weight is 395 g/mol. The first kappa shape index (κ1) is 19.9. The van der Waals surface area contributed by atoms with E-state index in [0.717, 1.165) is 5.56 Å². The third kappa shape index (κ3) is 4.89. The third-order valence-corrected chi connectivity index (χ3v) is 3.98. The molecule has 0 aliphatic rings. The number of rotatable bonds is 8. The fourth-order valence-corrected chi connectivity index (χ4v) is 2.60. The highest BCUT2D eigenvalue weighted by molar-refractivity contribution is 5.92. The molecular formula is C20H21N5O4. The van der Waals surface area contributed by atoms with Crippen LogP contribution in [0.25, 0.3) is 0 Å². The second-order valence-corrected chi connectivity index (χ2v) is 5.85. The van der Waals surface area contributed by atoms with Gasteiger partial charge in [-0.3, -0.25) is 9.78 Å². The molecule has 0 atom stereocenters. The van der Waals surface area contributed by atoms with Gasteiger partial charge >= 0.3 is 0 Å². The first-order valence-corrected chi connectivity index (χ1v) is 8.71. The Morgan fingerprint density at radius 3 is 2.41 bits per heavy atom. The first-order valence-electron chi connectivity index (χ1n) is 8.71. The van der Waals surface area contributed by atoms with Crippen LogP contribution in [-0.4, -0.2) is 42.2 Å². The van der Waals surface area contributed by atoms with Gasteiger partial charge in [0.05, 0.1) is 21.3 Å². The molecular weight excluding hydrogens is 374 g/mol. The highest BCUT2D eigenvalue weighted by atomic mass is 16.5. The molecule has 1 aromatic carbocycles. The number of pyridine rings is 1. The highest BCUT2D eigenvalue weighted by Crippen LogP contribution is 2.40. The molecule has 0 saturated heterocycles. The molecule has 0 bridgehead atoms. The van der Waals surface area contributed by atoms with Gasteiger partial charge in [0.25, 0.3) is 5.91 Å². The SMILES string of the molecule is COc1cc(Nc2nccc(C(=O)NCc3cccnc3)n2)cc(OC)c1OC. The molecule has 0 saturated carbocycles. The van der Waals surface area contributed by atoms with Gasteiger partial charge in [0.15, 0.2) is 11.5 Å². The number of aromatic nitrogens is 3. The highest BCUT2D eigenvalue weighted by Gasteiger charge is 2.14. The molecule has 9 nitrogen and oxygen atoms in total. The van der Waals surface area contributed by atoms with Gasteiger partial charge in [-0.25, -0.2) is 9.97 Å². The summed E-state index contributed by atoms with van der Waals surface area (Å²) < 4.78 is 16.0. The lowest BCUT2D eigenvalue weighted by molar-refractivity contribution is 0.0946. The largest absolute Gasteiger partial charge is 0.493 e. The zero-order valence-corrected chi connectivity index (χ0v) is 16.3. The Balaban J connectivity index is 1.75. The zero-order valence-electron chi connectivity index (χ0n) is 16.3. The molecule has 2 aromatic heterocycles. The van der Waals surface area contributed by atoms with Gasteiger partial charge < -0.3 is 24.8 Å². The second-order valence-electron chi connectivity index (χ2n) is 5.85. The van der Waals surface area contributed by atoms with Gasteiger partial charge in [-0.05, 0) is 17.7 Å². The molecule has 9 heteroatoms. The third-order valence-electron chi connectivity index (χ3n) is 3.98. The monoisotopic (exact) mass is 395 g/mol. The summed E-state index contributed by atoms with van der Waals surface area (Å²) in [5, 5.41) is 5.85. The number of nitrogens with zero attached hydrogens (tertiary/aromatic N) is 3. The Kier molecular flexibility index (Phi) is 6.41. The maximum Gasteiger partial charge on any atom is 0.270 e. The van der Waals surface area contributed by atoms with Crippen LogP contribution in [0.5, 0.6) is 17.2 Å². The summed E-state index contributed by atoms with van der Waals surface area (Å²) >= 11 is 0. The van der Waals surface area contributed by atoms with Crippen molar-refractivity contribution >= 4 is 17.5 Å². The minimum absolute atomic E-state index is 0.235. The number of methoxy groups -OCH3 is 3. The smallest absolute Gasteiger partial charge is 0.270 e. The molecule has 150 valence electrons. The fraction of sp³-hybridized carbons (Fsp3) is 0.200. The number of ether oxygens (including phenoxy) is 3. The van der Waals surface area contributed by atoms with E-state index < -0.39 is 0 Å². The van der Waals surface area contributed by atoms with Crippen LogP contribution in [-0.2, 0) is 6.54 Å². The van der Waals surface area contributed by atoms with Gasteiger partial charge in [0, 0.05) is 43.0 Å². The molecule has 0 fully saturated rings. The average Bonchev–Trinajstić information content (AvgIpc) is 2.77. The summed E-state index contributed by atoms with van der Waals surface area (Å²) in [5.74, 6) is 1.39. The van der Waals surface area contributed by atoms with Crippen molar-refractivity contribution in [3.63, 3.8) is 0 Å². The van der Waals surface area contributed by atoms with Crippen molar-refractivity contribution in [3.8, 4) is 17.2 Å². The van der Waals surface area contributed by atoms with E-state index in [2.05, 4.69) is 25.6 Å². The van der Waals surface area contributed by atoms with Crippen LogP contribution in [0.4, 0.5) is 11.6 Å². The topological polar surface area (TPSA) is 107 Å². The predicted octanol–water partition coefficient (Wildman–Crippen LogP) is 2.57. The van der Waals surface area contributed by atoms with E-state index in [9.17, 15) is 4.79 Å². The van der Waals surface area contributed by atoms with E-state index in [4.69, 9.17) is 14.2 Å². The molecule has 2 heterocycles. The van der Waals surface area contributed by atoms with E-state index >= 15 is 0 Å². The number of benzene rings is 1. The van der Waals surface area contributed by atoms with Crippen LogP contribution in [0, 0.1) is 0 Å². The van der Waals surface area contributed by atoms with E-state index in [1.165, 1.54) is 27.5 Å². The van der Waals surface area contributed by atoms with Gasteiger partial charge in [-0.1, -0.05) is 6.07 Å². The molecule has 0 unspecified atom stereocenters. The second kappa shape index (κ2) is 9.36. The lowest BCUT2D eigenvalue weighted by Gasteiger charge is -2.14. The number of hydrogen-bond donors (Lipinski definition) is 2. The minimum atomic E-state index is -0.316. The number of carbonyl (C=O) groups excluding carboxylic acids is 1. The van der Waals surface area contributed by atoms with Crippen molar-refractivity contribution in [2.75, 3.05) is 26.6 Å². The summed E-state index contributed by atoms with van der Waals surface area (Å²) in [4.78, 5) is 24.9. The summed E-state index contributed by atoms with van der Waals surface area (Å²) in [5.41, 5.74) is 1.75. The van der Waals surface area contributed by atoms with E-state index in [1.807, 2.05) is 12.1 Å². The lowest BCUT2D eigenvalue weighted by atomic mass is 10.2. The van der Waals surface area contributed by atoms with Crippen molar-refractivity contribution in [1.29, 1.82) is 0 Å². The number of anilines is 2. The van der Waals surface area contributed by atoms with Crippen molar-refractivity contribution in [2.45, 2.75) is 6.54 Å². The van der Waals surface area contributed by atoms with E-state index in [0.29, 0.717) is 29.5 Å². The molecule has 2 N–H and O–H groups in total. The minimum Gasteiger partial charge on any atom is -0.493 e. The van der Waals surface area contributed by atoms with Gasteiger partial charge in [-0.2, -0.15) is 0 Å². The van der Waals surface area contributed by atoms with Crippen molar-refractivity contribution in [2.24, 2.45) is 0 Å². The maximum absolute atomic E-state index is 12.4. The first-order chi connectivity index (χ1) is 14.1. The molecule has 0 aliphatic heterocycles. The van der Waals surface area contributed by atoms with Crippen LogP contribution in [0.3, 0.4) is 0 Å². The number of carbonyl (C=O) groups is 1. The molecule has 0 spiro atoms. The molecule has 0 aliphatic carbocycles. The number of hydrogen-bond acceptors (Lipinski definition) is 8. The molecule has 3 rings (SSSR count). The van der Waals surface area contributed by atoms with Crippen LogP contribution >= 0.6 is 0 Å². The van der Waals surface area contributed by atoms with Gasteiger partial charge in [-0.15, -0.1) is 0 Å². The quantitative estimate of drug-likeness (QED) is 0.599. The van der Waals surface area contributed by atoms with Crippen LogP contribution in [0.1, 0.15) is 16.1 Å². The van der Waals surface area contributed by atoms with E-state index in [1.54, 1.807) is 30.6 Å². The molecule has 0 radical (unpaired) electrons. The number of nitrogens with one attached hydrogen (secondary N) is 2. The van der Waals surface area contributed by atoms with Crippen molar-refractivity contribution < 1.29 is 19.0 Å².